The van der Waals surface area contributed by atoms with Crippen molar-refractivity contribution in [3.8, 4) is 11.5 Å². The molecule has 0 heterocycles. The number of hydrogen-bond donors (Lipinski definition) is 3. The van der Waals surface area contributed by atoms with Crippen molar-refractivity contribution >= 4 is 41.7 Å². The number of aromatic hydroxyl groups is 1. The molecular formula is C31H38N2O14. The number of carbonyl (C=O) groups is 7. The van der Waals surface area contributed by atoms with E-state index in [2.05, 4.69) is 24.8 Å². The smallest absolute Gasteiger partial charge is 0.344 e. The molecule has 2 aromatic carbocycles. The first-order valence-corrected chi connectivity index (χ1v) is 13.8. The van der Waals surface area contributed by atoms with Crippen LogP contribution in [0.1, 0.15) is 25.0 Å². The van der Waals surface area contributed by atoms with Crippen molar-refractivity contribution in [1.29, 1.82) is 0 Å². The maximum absolute atomic E-state index is 12.1. The van der Waals surface area contributed by atoms with Crippen LogP contribution in [-0.2, 0) is 70.1 Å². The van der Waals surface area contributed by atoms with Crippen LogP contribution in [0.2, 0.25) is 0 Å². The number of phenols is 1. The van der Waals surface area contributed by atoms with Gasteiger partial charge in [0.2, 0.25) is 11.8 Å². The van der Waals surface area contributed by atoms with E-state index in [1.807, 2.05) is 0 Å². The van der Waals surface area contributed by atoms with E-state index in [-0.39, 0.29) is 25.2 Å². The normalized spacial score (nSPS) is 11.2. The fraction of sp³-hybridized carbons (Fsp3) is 0.387. The average Bonchev–Trinajstić information content (AvgIpc) is 3.05. The zero-order valence-electron chi connectivity index (χ0n) is 26.6. The number of methoxy groups -OCH3 is 3. The lowest BCUT2D eigenvalue weighted by Gasteiger charge is -2.16. The predicted octanol–water partition coefficient (Wildman–Crippen LogP) is 0.157. The number of ether oxygens (including phenoxy) is 6. The molecule has 0 bridgehead atoms. The highest BCUT2D eigenvalue weighted by molar-refractivity contribution is 5.85. The van der Waals surface area contributed by atoms with Crippen molar-refractivity contribution < 1.29 is 67.1 Å². The molecule has 0 saturated heterocycles. The van der Waals surface area contributed by atoms with E-state index in [0.29, 0.717) is 11.3 Å². The van der Waals surface area contributed by atoms with Gasteiger partial charge in [-0.05, 0) is 35.4 Å². The summed E-state index contributed by atoms with van der Waals surface area (Å²) in [6, 6.07) is 10.9. The summed E-state index contributed by atoms with van der Waals surface area (Å²) in [4.78, 5) is 79.4. The van der Waals surface area contributed by atoms with E-state index in [1.165, 1.54) is 47.3 Å². The molecule has 0 radical (unpaired) electrons. The van der Waals surface area contributed by atoms with Crippen molar-refractivity contribution in [2.24, 2.45) is 0 Å². The Kier molecular flexibility index (Phi) is 17.7. The highest BCUT2D eigenvalue weighted by Gasteiger charge is 2.24. The zero-order valence-corrected chi connectivity index (χ0v) is 26.6. The second-order valence-corrected chi connectivity index (χ2v) is 9.46. The molecule has 2 amide bonds. The molecule has 2 unspecified atom stereocenters. The Morgan fingerprint density at radius 1 is 0.596 bits per heavy atom. The zero-order chi connectivity index (χ0) is 35.4. The van der Waals surface area contributed by atoms with Crippen LogP contribution >= 0.6 is 0 Å². The Labute approximate surface area is 270 Å². The first-order valence-electron chi connectivity index (χ1n) is 13.8. The van der Waals surface area contributed by atoms with Crippen LogP contribution in [0, 0.1) is 0 Å². The van der Waals surface area contributed by atoms with Crippen LogP contribution in [0.15, 0.2) is 48.5 Å². The molecule has 3 N–H and O–H groups in total. The number of esters is 5. The van der Waals surface area contributed by atoms with Crippen LogP contribution in [0.25, 0.3) is 0 Å². The Morgan fingerprint density at radius 3 is 1.32 bits per heavy atom. The van der Waals surface area contributed by atoms with E-state index in [1.54, 1.807) is 36.4 Å². The summed E-state index contributed by atoms with van der Waals surface area (Å²) in [7, 11) is 3.61. The topological polar surface area (TPSA) is 219 Å². The van der Waals surface area contributed by atoms with Gasteiger partial charge in [-0.2, -0.15) is 0 Å². The van der Waals surface area contributed by atoms with Crippen LogP contribution in [0.4, 0.5) is 0 Å². The predicted molar refractivity (Wildman–Crippen MR) is 161 cm³/mol. The second-order valence-electron chi connectivity index (χ2n) is 9.46. The van der Waals surface area contributed by atoms with Crippen LogP contribution in [0.5, 0.6) is 11.5 Å². The van der Waals surface area contributed by atoms with Crippen molar-refractivity contribution in [2.75, 3.05) is 41.2 Å². The first kappa shape index (κ1) is 39.4. The number of carbonyl (C=O) groups excluding carboxylic acids is 7. The second kappa shape index (κ2) is 21.1. The highest BCUT2D eigenvalue weighted by atomic mass is 16.6. The van der Waals surface area contributed by atoms with Crippen LogP contribution in [0.3, 0.4) is 0 Å². The Balaban J connectivity index is 0.000000481. The quantitative estimate of drug-likeness (QED) is 0.171. The van der Waals surface area contributed by atoms with Gasteiger partial charge in [0, 0.05) is 26.7 Å². The summed E-state index contributed by atoms with van der Waals surface area (Å²) >= 11 is 0. The largest absolute Gasteiger partial charge is 0.508 e. The molecule has 0 aliphatic carbocycles. The summed E-state index contributed by atoms with van der Waals surface area (Å²) in [5.41, 5.74) is 1.44. The number of amides is 2. The third-order valence-corrected chi connectivity index (χ3v) is 5.77. The summed E-state index contributed by atoms with van der Waals surface area (Å²) < 4.78 is 28.0. The van der Waals surface area contributed by atoms with Crippen LogP contribution < -0.4 is 15.4 Å². The number of benzene rings is 2. The lowest BCUT2D eigenvalue weighted by Crippen LogP contribution is -2.42. The summed E-state index contributed by atoms with van der Waals surface area (Å²) in [6.07, 6.45) is 0.330. The molecule has 16 nitrogen and oxygen atoms in total. The minimum atomic E-state index is -0.959. The molecule has 0 aliphatic heterocycles. The standard InChI is InChI=1S/C17H21NO8.C14H17NO6/c1-11(19)18-14(17(22)26-10-16(21)24-3)8-12-4-6-13(7-5-12)25-9-15(20)23-2;1-9(16)15-12(14(19)21-8-13(18)20-2)7-10-3-5-11(17)6-4-10/h4-7,14H,8-10H2,1-3H3,(H,18,19);3-6,12,17H,7-8H2,1-2H3,(H,15,16). The molecular weight excluding hydrogens is 624 g/mol. The third kappa shape index (κ3) is 16.8. The van der Waals surface area contributed by atoms with Gasteiger partial charge in [-0.25, -0.2) is 24.0 Å². The molecule has 256 valence electrons. The average molecular weight is 663 g/mol. The molecule has 2 aromatic rings. The van der Waals surface area contributed by atoms with Gasteiger partial charge in [-0.15, -0.1) is 0 Å². The molecule has 0 saturated carbocycles. The van der Waals surface area contributed by atoms with Gasteiger partial charge in [0.1, 0.15) is 23.6 Å². The van der Waals surface area contributed by atoms with Crippen molar-refractivity contribution in [1.82, 2.24) is 10.6 Å². The molecule has 0 aromatic heterocycles. The minimum absolute atomic E-state index is 0.100. The molecule has 16 heteroatoms. The van der Waals surface area contributed by atoms with E-state index in [0.717, 1.165) is 5.56 Å². The third-order valence-electron chi connectivity index (χ3n) is 5.77. The molecule has 2 rings (SSSR count). The fourth-order valence-electron chi connectivity index (χ4n) is 3.48. The number of rotatable bonds is 15. The van der Waals surface area contributed by atoms with E-state index in [9.17, 15) is 38.7 Å². The number of hydrogen-bond acceptors (Lipinski definition) is 14. The maximum atomic E-state index is 12.1. The molecule has 0 aliphatic rings. The van der Waals surface area contributed by atoms with Gasteiger partial charge in [0.25, 0.3) is 0 Å². The van der Waals surface area contributed by atoms with Crippen molar-refractivity contribution in [3.63, 3.8) is 0 Å². The van der Waals surface area contributed by atoms with Crippen LogP contribution in [-0.4, -0.2) is 100 Å². The van der Waals surface area contributed by atoms with Crippen molar-refractivity contribution in [2.45, 2.75) is 38.8 Å². The summed E-state index contributed by atoms with van der Waals surface area (Å²) in [6.45, 7) is 1.28. The SMILES string of the molecule is COC(=O)COC(=O)C(Cc1ccc(O)cc1)NC(C)=O.COC(=O)COC(=O)C(Cc1ccc(OCC(=O)OC)cc1)NC(C)=O. The molecule has 0 fully saturated rings. The lowest BCUT2D eigenvalue weighted by molar-refractivity contribution is -0.158. The van der Waals surface area contributed by atoms with Gasteiger partial charge >= 0.3 is 29.8 Å². The molecule has 2 atom stereocenters. The molecule has 0 spiro atoms. The molecule has 47 heavy (non-hydrogen) atoms. The van der Waals surface area contributed by atoms with E-state index < -0.39 is 67.0 Å². The Hall–Kier alpha value is -5.67. The van der Waals surface area contributed by atoms with Gasteiger partial charge in [0.15, 0.2) is 19.8 Å². The van der Waals surface area contributed by atoms with Gasteiger partial charge < -0.3 is 44.2 Å². The van der Waals surface area contributed by atoms with Gasteiger partial charge in [-0.3, -0.25) is 9.59 Å². The Morgan fingerprint density at radius 2 is 0.957 bits per heavy atom. The number of phenolic OH excluding ortho intramolecular Hbond substituents is 1. The summed E-state index contributed by atoms with van der Waals surface area (Å²) in [5, 5.41) is 14.1. The van der Waals surface area contributed by atoms with Gasteiger partial charge in [-0.1, -0.05) is 24.3 Å². The maximum Gasteiger partial charge on any atom is 0.344 e. The fourth-order valence-corrected chi connectivity index (χ4v) is 3.48. The van der Waals surface area contributed by atoms with Gasteiger partial charge in [0.05, 0.1) is 21.3 Å². The van der Waals surface area contributed by atoms with E-state index >= 15 is 0 Å². The first-order chi connectivity index (χ1) is 22.3. The lowest BCUT2D eigenvalue weighted by atomic mass is 10.1. The Bertz CT molecular complexity index is 1360. The van der Waals surface area contributed by atoms with E-state index in [4.69, 9.17) is 14.2 Å². The summed E-state index contributed by atoms with van der Waals surface area (Å²) in [5.74, 6) is -3.64. The highest BCUT2D eigenvalue weighted by Crippen LogP contribution is 2.14. The number of nitrogens with one attached hydrogen (secondary N) is 2. The monoisotopic (exact) mass is 662 g/mol. The van der Waals surface area contributed by atoms with Crippen molar-refractivity contribution in [3.05, 3.63) is 59.7 Å². The minimum Gasteiger partial charge on any atom is -0.508 e.